The maximum Gasteiger partial charge on any atom is 0.253 e. The van der Waals surface area contributed by atoms with Gasteiger partial charge in [0.2, 0.25) is 11.7 Å². The second-order valence-electron chi connectivity index (χ2n) is 6.47. The van der Waals surface area contributed by atoms with Crippen molar-refractivity contribution in [2.45, 2.75) is 6.92 Å². The molecule has 6 nitrogen and oxygen atoms in total. The molecule has 2 heterocycles. The quantitative estimate of drug-likeness (QED) is 0.713. The van der Waals surface area contributed by atoms with Gasteiger partial charge in [0.15, 0.2) is 0 Å². The van der Waals surface area contributed by atoms with Crippen LogP contribution in [-0.2, 0) is 0 Å². The molecular weight excluding hydrogens is 347 g/mol. The Morgan fingerprint density at radius 2 is 1.81 bits per heavy atom. The molecular formula is C20H19FN4O2. The van der Waals surface area contributed by atoms with Gasteiger partial charge in [-0.3, -0.25) is 4.79 Å². The lowest BCUT2D eigenvalue weighted by molar-refractivity contribution is 0.0747. The zero-order chi connectivity index (χ0) is 18.8. The van der Waals surface area contributed by atoms with Crippen LogP contribution < -0.4 is 4.90 Å². The topological polar surface area (TPSA) is 62.5 Å². The van der Waals surface area contributed by atoms with Crippen molar-refractivity contribution >= 4 is 11.6 Å². The number of rotatable bonds is 3. The number of hydrogen-bond acceptors (Lipinski definition) is 5. The number of benzene rings is 2. The highest BCUT2D eigenvalue weighted by atomic mass is 19.1. The number of aryl methyl sites for hydroxylation is 1. The Morgan fingerprint density at radius 1 is 1.07 bits per heavy atom. The summed E-state index contributed by atoms with van der Waals surface area (Å²) in [4.78, 5) is 21.1. The van der Waals surface area contributed by atoms with Crippen LogP contribution in [0.2, 0.25) is 0 Å². The smallest absolute Gasteiger partial charge is 0.253 e. The molecule has 7 heteroatoms. The van der Waals surface area contributed by atoms with Crippen LogP contribution in [0.5, 0.6) is 0 Å². The van der Waals surface area contributed by atoms with Gasteiger partial charge in [0.1, 0.15) is 5.82 Å². The summed E-state index contributed by atoms with van der Waals surface area (Å²) in [5.41, 5.74) is 2.32. The summed E-state index contributed by atoms with van der Waals surface area (Å²) in [5, 5.41) is 3.90. The largest absolute Gasteiger partial charge is 0.368 e. The molecule has 2 aromatic carbocycles. The number of anilines is 1. The van der Waals surface area contributed by atoms with Crippen molar-refractivity contribution in [3.8, 4) is 11.4 Å². The van der Waals surface area contributed by atoms with E-state index in [1.54, 1.807) is 31.2 Å². The molecule has 0 radical (unpaired) electrons. The third-order valence-electron chi connectivity index (χ3n) is 4.65. The lowest BCUT2D eigenvalue weighted by atomic mass is 10.1. The van der Waals surface area contributed by atoms with E-state index < -0.39 is 0 Å². The monoisotopic (exact) mass is 366 g/mol. The molecule has 0 unspecified atom stereocenters. The first-order valence-corrected chi connectivity index (χ1v) is 8.81. The van der Waals surface area contributed by atoms with Gasteiger partial charge < -0.3 is 14.3 Å². The molecule has 1 fully saturated rings. The van der Waals surface area contributed by atoms with E-state index in [4.69, 9.17) is 4.52 Å². The molecule has 1 aliphatic heterocycles. The minimum Gasteiger partial charge on any atom is -0.368 e. The molecule has 1 amide bonds. The maximum atomic E-state index is 13.1. The Hall–Kier alpha value is -3.22. The van der Waals surface area contributed by atoms with Gasteiger partial charge in [-0.2, -0.15) is 4.98 Å². The molecule has 1 aliphatic rings. The van der Waals surface area contributed by atoms with Crippen molar-refractivity contribution in [1.29, 1.82) is 0 Å². The Kier molecular flexibility index (Phi) is 4.58. The molecule has 27 heavy (non-hydrogen) atoms. The van der Waals surface area contributed by atoms with Gasteiger partial charge in [0.25, 0.3) is 5.91 Å². The van der Waals surface area contributed by atoms with Crippen LogP contribution >= 0.6 is 0 Å². The van der Waals surface area contributed by atoms with E-state index in [0.29, 0.717) is 43.5 Å². The zero-order valence-electron chi connectivity index (χ0n) is 14.9. The maximum absolute atomic E-state index is 13.1. The molecule has 0 N–H and O–H groups in total. The number of carbonyl (C=O) groups is 1. The van der Waals surface area contributed by atoms with Crippen LogP contribution in [-0.4, -0.2) is 47.1 Å². The van der Waals surface area contributed by atoms with E-state index in [0.717, 1.165) is 11.3 Å². The van der Waals surface area contributed by atoms with E-state index >= 15 is 0 Å². The summed E-state index contributed by atoms with van der Waals surface area (Å²) in [5.74, 6) is 0.696. The van der Waals surface area contributed by atoms with Crippen molar-refractivity contribution < 1.29 is 13.7 Å². The van der Waals surface area contributed by atoms with Crippen LogP contribution in [0.25, 0.3) is 11.4 Å². The molecule has 138 valence electrons. The summed E-state index contributed by atoms with van der Waals surface area (Å²) in [6.45, 7) is 4.37. The van der Waals surface area contributed by atoms with Crippen LogP contribution in [0.3, 0.4) is 0 Å². The van der Waals surface area contributed by atoms with Gasteiger partial charge in [-0.05, 0) is 36.4 Å². The van der Waals surface area contributed by atoms with Crippen molar-refractivity contribution in [2.24, 2.45) is 0 Å². The SMILES string of the molecule is Cc1nc(-c2cccc(C(=O)N3CCN(c4ccc(F)cc4)CC3)c2)no1. The van der Waals surface area contributed by atoms with Gasteiger partial charge in [0, 0.05) is 49.9 Å². The lowest BCUT2D eigenvalue weighted by Gasteiger charge is -2.36. The number of amides is 1. The van der Waals surface area contributed by atoms with Crippen molar-refractivity contribution in [2.75, 3.05) is 31.1 Å². The third kappa shape index (κ3) is 3.67. The Balaban J connectivity index is 1.44. The Labute approximate surface area is 156 Å². The minimum atomic E-state index is -0.246. The Morgan fingerprint density at radius 3 is 2.48 bits per heavy atom. The van der Waals surface area contributed by atoms with Crippen LogP contribution in [0.1, 0.15) is 16.2 Å². The van der Waals surface area contributed by atoms with Crippen molar-refractivity contribution in [3.05, 3.63) is 65.8 Å². The summed E-state index contributed by atoms with van der Waals surface area (Å²) in [6.07, 6.45) is 0. The number of aromatic nitrogens is 2. The number of nitrogens with zero attached hydrogens (tertiary/aromatic N) is 4. The van der Waals surface area contributed by atoms with Crippen molar-refractivity contribution in [1.82, 2.24) is 15.0 Å². The molecule has 0 aliphatic carbocycles. The molecule has 1 saturated heterocycles. The van der Waals surface area contributed by atoms with Gasteiger partial charge in [-0.25, -0.2) is 4.39 Å². The molecule has 0 spiro atoms. The molecule has 0 atom stereocenters. The van der Waals surface area contributed by atoms with E-state index in [1.165, 1.54) is 12.1 Å². The van der Waals surface area contributed by atoms with Crippen LogP contribution in [0.15, 0.2) is 53.1 Å². The number of piperazine rings is 1. The van der Waals surface area contributed by atoms with Gasteiger partial charge in [-0.1, -0.05) is 17.3 Å². The standard InChI is InChI=1S/C20H19FN4O2/c1-14-22-19(23-27-14)15-3-2-4-16(13-15)20(26)25-11-9-24(10-12-25)18-7-5-17(21)6-8-18/h2-8,13H,9-12H2,1H3. The third-order valence-corrected chi connectivity index (χ3v) is 4.65. The second-order valence-corrected chi connectivity index (χ2v) is 6.47. The molecule has 3 aromatic rings. The average molecular weight is 366 g/mol. The first-order valence-electron chi connectivity index (χ1n) is 8.81. The number of hydrogen-bond donors (Lipinski definition) is 0. The van der Waals surface area contributed by atoms with Crippen LogP contribution in [0, 0.1) is 12.7 Å². The fourth-order valence-corrected chi connectivity index (χ4v) is 3.21. The molecule has 0 saturated carbocycles. The highest BCUT2D eigenvalue weighted by molar-refractivity contribution is 5.95. The number of carbonyl (C=O) groups excluding carboxylic acids is 1. The molecule has 4 rings (SSSR count). The first-order chi connectivity index (χ1) is 13.1. The van der Waals surface area contributed by atoms with Gasteiger partial charge >= 0.3 is 0 Å². The number of halogens is 1. The fourth-order valence-electron chi connectivity index (χ4n) is 3.21. The lowest BCUT2D eigenvalue weighted by Crippen LogP contribution is -2.48. The van der Waals surface area contributed by atoms with E-state index in [9.17, 15) is 9.18 Å². The average Bonchev–Trinajstić information content (AvgIpc) is 3.15. The zero-order valence-corrected chi connectivity index (χ0v) is 14.9. The normalized spacial score (nSPS) is 14.4. The van der Waals surface area contributed by atoms with E-state index in [-0.39, 0.29) is 11.7 Å². The molecule has 0 bridgehead atoms. The van der Waals surface area contributed by atoms with E-state index in [1.807, 2.05) is 17.0 Å². The van der Waals surface area contributed by atoms with Gasteiger partial charge in [0.05, 0.1) is 0 Å². The summed E-state index contributed by atoms with van der Waals surface area (Å²) in [6, 6.07) is 13.7. The highest BCUT2D eigenvalue weighted by Gasteiger charge is 2.23. The fraction of sp³-hybridized carbons (Fsp3) is 0.250. The molecule has 1 aromatic heterocycles. The predicted molar refractivity (Wildman–Crippen MR) is 99.0 cm³/mol. The second kappa shape index (κ2) is 7.19. The highest BCUT2D eigenvalue weighted by Crippen LogP contribution is 2.20. The first kappa shape index (κ1) is 17.2. The van der Waals surface area contributed by atoms with Gasteiger partial charge in [-0.15, -0.1) is 0 Å². The summed E-state index contributed by atoms with van der Waals surface area (Å²) in [7, 11) is 0. The summed E-state index contributed by atoms with van der Waals surface area (Å²) < 4.78 is 18.1. The Bertz CT molecular complexity index is 947. The predicted octanol–water partition coefficient (Wildman–Crippen LogP) is 3.15. The van der Waals surface area contributed by atoms with Crippen LogP contribution in [0.4, 0.5) is 10.1 Å². The summed E-state index contributed by atoms with van der Waals surface area (Å²) >= 11 is 0. The van der Waals surface area contributed by atoms with Crippen molar-refractivity contribution in [3.63, 3.8) is 0 Å². The van der Waals surface area contributed by atoms with E-state index in [2.05, 4.69) is 15.0 Å². The minimum absolute atomic E-state index is 0.0178.